The lowest BCUT2D eigenvalue weighted by molar-refractivity contribution is -0.143. The molecule has 0 radical (unpaired) electrons. The summed E-state index contributed by atoms with van der Waals surface area (Å²) in [7, 11) is 0. The second-order valence-corrected chi connectivity index (χ2v) is 7.38. The van der Waals surface area contributed by atoms with Crippen LogP contribution in [0.25, 0.3) is 0 Å². The summed E-state index contributed by atoms with van der Waals surface area (Å²) in [5, 5.41) is 12.8. The molecule has 1 aromatic carbocycles. The van der Waals surface area contributed by atoms with Crippen LogP contribution in [-0.2, 0) is 10.5 Å². The topological polar surface area (TPSA) is 95.4 Å². The average Bonchev–Trinajstić information content (AvgIpc) is 3.08. The predicted octanol–water partition coefficient (Wildman–Crippen LogP) is 3.16. The Balaban J connectivity index is 1.48. The normalized spacial score (nSPS) is 15.1. The minimum atomic E-state index is -0.788. The summed E-state index contributed by atoms with van der Waals surface area (Å²) < 4.78 is 4.25. The maximum absolute atomic E-state index is 12.2. The number of anilines is 1. The number of aliphatic carboxylic acids is 1. The van der Waals surface area contributed by atoms with Gasteiger partial charge >= 0.3 is 12.0 Å². The fourth-order valence-electron chi connectivity index (χ4n) is 2.54. The number of nitrogens with one attached hydrogen (secondary N) is 1. The van der Waals surface area contributed by atoms with Crippen LogP contribution in [0.15, 0.2) is 35.5 Å². The summed E-state index contributed by atoms with van der Waals surface area (Å²) in [4.78, 5) is 29.1. The molecule has 25 heavy (non-hydrogen) atoms. The Hall–Kier alpha value is -2.13. The number of aromatic nitrogens is 2. The highest BCUT2D eigenvalue weighted by Crippen LogP contribution is 2.24. The van der Waals surface area contributed by atoms with Gasteiger partial charge in [-0.3, -0.25) is 10.1 Å². The molecule has 0 bridgehead atoms. The molecular weight excluding hydrogens is 360 g/mol. The number of hydrogen-bond acceptors (Lipinski definition) is 6. The Kier molecular flexibility index (Phi) is 5.87. The maximum Gasteiger partial charge on any atom is 0.323 e. The monoisotopic (exact) mass is 378 g/mol. The van der Waals surface area contributed by atoms with Crippen LogP contribution in [0, 0.1) is 5.92 Å². The van der Waals surface area contributed by atoms with Crippen molar-refractivity contribution >= 4 is 40.4 Å². The third kappa shape index (κ3) is 4.93. The fourth-order valence-corrected chi connectivity index (χ4v) is 4.03. The first-order chi connectivity index (χ1) is 12.1. The third-order valence-corrected chi connectivity index (χ3v) is 5.63. The second kappa shape index (κ2) is 8.30. The molecule has 2 aromatic rings. The van der Waals surface area contributed by atoms with Crippen molar-refractivity contribution in [2.45, 2.75) is 23.8 Å². The molecular formula is C16H18N4O3S2. The van der Waals surface area contributed by atoms with E-state index in [1.165, 1.54) is 17.3 Å². The standard InChI is InChI=1S/C16H18N4O3S2/c21-13(22)12-6-8-20(9-7-12)16(23)18-14-17-15(19-25-14)24-10-11-4-2-1-3-5-11/h1-5,12H,6-10H2,(H,21,22)(H,17,18,19,23). The van der Waals surface area contributed by atoms with Gasteiger partial charge in [0.05, 0.1) is 5.92 Å². The first-order valence-electron chi connectivity index (χ1n) is 7.91. The van der Waals surface area contributed by atoms with E-state index in [-0.39, 0.29) is 11.9 Å². The first kappa shape index (κ1) is 17.7. The summed E-state index contributed by atoms with van der Waals surface area (Å²) in [5.41, 5.74) is 1.19. The molecule has 132 valence electrons. The SMILES string of the molecule is O=C(O)C1CCN(C(=O)Nc2nc(SCc3ccccc3)ns2)CC1. The molecule has 0 spiro atoms. The molecule has 1 fully saturated rings. The fraction of sp³-hybridized carbons (Fsp3) is 0.375. The van der Waals surface area contributed by atoms with Gasteiger partial charge in [-0.1, -0.05) is 42.1 Å². The van der Waals surface area contributed by atoms with Crippen LogP contribution < -0.4 is 5.32 Å². The molecule has 9 heteroatoms. The van der Waals surface area contributed by atoms with Gasteiger partial charge in [0.15, 0.2) is 0 Å². The lowest BCUT2D eigenvalue weighted by Gasteiger charge is -2.29. The summed E-state index contributed by atoms with van der Waals surface area (Å²) >= 11 is 2.67. The van der Waals surface area contributed by atoms with E-state index in [9.17, 15) is 9.59 Å². The summed E-state index contributed by atoms with van der Waals surface area (Å²) in [6.45, 7) is 0.883. The van der Waals surface area contributed by atoms with Crippen LogP contribution in [0.4, 0.5) is 9.93 Å². The van der Waals surface area contributed by atoms with Crippen molar-refractivity contribution in [2.24, 2.45) is 5.92 Å². The molecule has 1 saturated heterocycles. The number of benzene rings is 1. The van der Waals surface area contributed by atoms with Crippen molar-refractivity contribution < 1.29 is 14.7 Å². The minimum Gasteiger partial charge on any atom is -0.481 e. The number of likely N-dealkylation sites (tertiary alicyclic amines) is 1. The van der Waals surface area contributed by atoms with Crippen molar-refractivity contribution in [3.63, 3.8) is 0 Å². The van der Waals surface area contributed by atoms with Gasteiger partial charge in [0.25, 0.3) is 0 Å². The number of piperidine rings is 1. The van der Waals surface area contributed by atoms with Crippen molar-refractivity contribution in [1.82, 2.24) is 14.3 Å². The number of carboxylic acids is 1. The predicted molar refractivity (Wildman–Crippen MR) is 96.9 cm³/mol. The highest BCUT2D eigenvalue weighted by molar-refractivity contribution is 7.98. The van der Waals surface area contributed by atoms with Crippen LogP contribution in [0.2, 0.25) is 0 Å². The summed E-state index contributed by atoms with van der Waals surface area (Å²) in [6, 6.07) is 9.79. The molecule has 2 N–H and O–H groups in total. The lowest BCUT2D eigenvalue weighted by atomic mass is 9.97. The number of hydrogen-bond donors (Lipinski definition) is 2. The number of carbonyl (C=O) groups is 2. The van der Waals surface area contributed by atoms with Crippen molar-refractivity contribution in [1.29, 1.82) is 0 Å². The zero-order chi connectivity index (χ0) is 17.6. The van der Waals surface area contributed by atoms with Crippen LogP contribution in [0.3, 0.4) is 0 Å². The number of urea groups is 1. The van der Waals surface area contributed by atoms with Gasteiger partial charge in [-0.25, -0.2) is 4.79 Å². The molecule has 1 aromatic heterocycles. The second-order valence-electron chi connectivity index (χ2n) is 5.69. The number of carbonyl (C=O) groups excluding carboxylic acids is 1. The smallest absolute Gasteiger partial charge is 0.323 e. The Morgan fingerprint density at radius 1 is 1.28 bits per heavy atom. The minimum absolute atomic E-state index is 0.250. The first-order valence-corrected chi connectivity index (χ1v) is 9.67. The van der Waals surface area contributed by atoms with E-state index in [4.69, 9.17) is 5.11 Å². The maximum atomic E-state index is 12.2. The highest BCUT2D eigenvalue weighted by atomic mass is 32.2. The number of rotatable bonds is 5. The van der Waals surface area contributed by atoms with E-state index in [0.29, 0.717) is 36.2 Å². The van der Waals surface area contributed by atoms with E-state index in [1.807, 2.05) is 30.3 Å². The van der Waals surface area contributed by atoms with Crippen molar-refractivity contribution in [3.8, 4) is 0 Å². The number of nitrogens with zero attached hydrogens (tertiary/aromatic N) is 3. The summed E-state index contributed by atoms with van der Waals surface area (Å²) in [5.74, 6) is -0.371. The Labute approximate surface area is 153 Å². The highest BCUT2D eigenvalue weighted by Gasteiger charge is 2.27. The molecule has 0 aliphatic carbocycles. The van der Waals surface area contributed by atoms with Gasteiger partial charge < -0.3 is 10.0 Å². The van der Waals surface area contributed by atoms with Gasteiger partial charge in [-0.2, -0.15) is 9.36 Å². The molecule has 1 aliphatic rings. The van der Waals surface area contributed by atoms with E-state index >= 15 is 0 Å². The van der Waals surface area contributed by atoms with E-state index in [1.54, 1.807) is 4.90 Å². The van der Waals surface area contributed by atoms with Crippen LogP contribution in [0.1, 0.15) is 18.4 Å². The van der Waals surface area contributed by atoms with Gasteiger partial charge in [0, 0.05) is 30.4 Å². The Morgan fingerprint density at radius 3 is 2.68 bits per heavy atom. The van der Waals surface area contributed by atoms with Crippen LogP contribution in [0.5, 0.6) is 0 Å². The molecule has 2 heterocycles. The Morgan fingerprint density at radius 2 is 2.00 bits per heavy atom. The molecule has 2 amide bonds. The Bertz CT molecular complexity index is 730. The molecule has 1 aliphatic heterocycles. The molecule has 0 atom stereocenters. The van der Waals surface area contributed by atoms with Crippen LogP contribution in [-0.4, -0.2) is 44.5 Å². The number of thioether (sulfide) groups is 1. The zero-order valence-corrected chi connectivity index (χ0v) is 15.1. The summed E-state index contributed by atoms with van der Waals surface area (Å²) in [6.07, 6.45) is 0.966. The largest absolute Gasteiger partial charge is 0.481 e. The van der Waals surface area contributed by atoms with Crippen molar-refractivity contribution in [2.75, 3.05) is 18.4 Å². The van der Waals surface area contributed by atoms with Gasteiger partial charge in [0.1, 0.15) is 0 Å². The van der Waals surface area contributed by atoms with E-state index in [2.05, 4.69) is 14.7 Å². The van der Waals surface area contributed by atoms with Gasteiger partial charge in [-0.15, -0.1) is 0 Å². The average molecular weight is 378 g/mol. The third-order valence-electron chi connectivity index (χ3n) is 3.96. The quantitative estimate of drug-likeness (QED) is 0.776. The number of amides is 2. The van der Waals surface area contributed by atoms with Gasteiger partial charge in [0.2, 0.25) is 10.3 Å². The molecule has 3 rings (SSSR count). The zero-order valence-electron chi connectivity index (χ0n) is 13.4. The molecule has 7 nitrogen and oxygen atoms in total. The van der Waals surface area contributed by atoms with Gasteiger partial charge in [-0.05, 0) is 18.4 Å². The number of carboxylic acid groups (broad SMARTS) is 1. The van der Waals surface area contributed by atoms with E-state index in [0.717, 1.165) is 17.3 Å². The van der Waals surface area contributed by atoms with E-state index < -0.39 is 5.97 Å². The van der Waals surface area contributed by atoms with Crippen molar-refractivity contribution in [3.05, 3.63) is 35.9 Å². The van der Waals surface area contributed by atoms with Crippen LogP contribution >= 0.6 is 23.3 Å². The molecule has 0 saturated carbocycles. The molecule has 0 unspecified atom stereocenters. The lowest BCUT2D eigenvalue weighted by Crippen LogP contribution is -2.42.